The van der Waals surface area contributed by atoms with E-state index in [0.717, 1.165) is 0 Å². The molecule has 1 saturated heterocycles. The van der Waals surface area contributed by atoms with Gasteiger partial charge >= 0.3 is 0 Å². The van der Waals surface area contributed by atoms with E-state index >= 15 is 0 Å². The van der Waals surface area contributed by atoms with E-state index in [4.69, 9.17) is 10.8 Å². The van der Waals surface area contributed by atoms with Crippen LogP contribution in [0.3, 0.4) is 0 Å². The van der Waals surface area contributed by atoms with Gasteiger partial charge in [-0.15, -0.1) is 0 Å². The Kier molecular flexibility index (Phi) is 3.15. The topological polar surface area (TPSA) is 122 Å². The van der Waals surface area contributed by atoms with Gasteiger partial charge in [-0.25, -0.2) is 0 Å². The van der Waals surface area contributed by atoms with Crippen LogP contribution in [0.5, 0.6) is 0 Å². The van der Waals surface area contributed by atoms with Crippen molar-refractivity contribution in [1.29, 1.82) is 0 Å². The quantitative estimate of drug-likeness (QED) is 0.359. The average molecular weight is 201 g/mol. The van der Waals surface area contributed by atoms with Crippen LogP contribution in [0.4, 0.5) is 0 Å². The number of hydrogen-bond donors (Lipinski definition) is 4. The first-order valence-electron chi connectivity index (χ1n) is 4.05. The van der Waals surface area contributed by atoms with Gasteiger partial charge in [-0.1, -0.05) is 0 Å². The normalized spacial score (nSPS) is 23.1. The molecule has 0 aromatic carbocycles. The standard InChI is InChI=1S/C7H11N3O4/c8-3(2-11)6(13)9-4-1-5(12)10-7(4)14/h3-4,11H,1-2,8H2,(H,9,13)(H,10,12,14). The van der Waals surface area contributed by atoms with E-state index in [9.17, 15) is 14.4 Å². The number of nitrogens with one attached hydrogen (secondary N) is 2. The number of carbonyl (C=O) groups excluding carboxylic acids is 3. The molecule has 0 saturated carbocycles. The van der Waals surface area contributed by atoms with Gasteiger partial charge in [0, 0.05) is 0 Å². The van der Waals surface area contributed by atoms with E-state index in [0.29, 0.717) is 0 Å². The molecular formula is C7H11N3O4. The molecule has 0 aliphatic carbocycles. The van der Waals surface area contributed by atoms with Gasteiger partial charge in [-0.3, -0.25) is 19.7 Å². The minimum atomic E-state index is -1.07. The highest BCUT2D eigenvalue weighted by molar-refractivity contribution is 6.07. The second-order valence-electron chi connectivity index (χ2n) is 2.97. The average Bonchev–Trinajstić information content (AvgIpc) is 2.44. The van der Waals surface area contributed by atoms with Gasteiger partial charge in [0.15, 0.2) is 0 Å². The lowest BCUT2D eigenvalue weighted by atomic mass is 10.2. The van der Waals surface area contributed by atoms with Gasteiger partial charge < -0.3 is 16.2 Å². The molecule has 1 aliphatic rings. The van der Waals surface area contributed by atoms with Gasteiger partial charge in [-0.2, -0.15) is 0 Å². The Morgan fingerprint density at radius 1 is 1.71 bits per heavy atom. The largest absolute Gasteiger partial charge is 0.394 e. The minimum absolute atomic E-state index is 0.0806. The predicted molar refractivity (Wildman–Crippen MR) is 44.8 cm³/mol. The third kappa shape index (κ3) is 2.27. The Hall–Kier alpha value is -1.47. The SMILES string of the molecule is NC(CO)C(=O)NC1CC(=O)NC1=O. The lowest BCUT2D eigenvalue weighted by molar-refractivity contribution is -0.129. The van der Waals surface area contributed by atoms with Crippen molar-refractivity contribution >= 4 is 17.7 Å². The zero-order chi connectivity index (χ0) is 10.7. The molecule has 7 nitrogen and oxygen atoms in total. The molecule has 0 aromatic heterocycles. The fourth-order valence-electron chi connectivity index (χ4n) is 1.03. The van der Waals surface area contributed by atoms with Crippen molar-refractivity contribution in [2.75, 3.05) is 6.61 Å². The van der Waals surface area contributed by atoms with Crippen LogP contribution in [-0.4, -0.2) is 41.5 Å². The maximum Gasteiger partial charge on any atom is 0.249 e. The number of aliphatic hydroxyl groups excluding tert-OH is 1. The molecule has 0 bridgehead atoms. The predicted octanol–water partition coefficient (Wildman–Crippen LogP) is -3.16. The summed E-state index contributed by atoms with van der Waals surface area (Å²) in [4.78, 5) is 32.8. The molecule has 0 spiro atoms. The summed E-state index contributed by atoms with van der Waals surface area (Å²) in [5.41, 5.74) is 5.20. The van der Waals surface area contributed by atoms with E-state index in [1.165, 1.54) is 0 Å². The second-order valence-corrected chi connectivity index (χ2v) is 2.97. The highest BCUT2D eigenvalue weighted by Gasteiger charge is 2.32. The van der Waals surface area contributed by atoms with E-state index < -0.39 is 36.4 Å². The molecule has 2 unspecified atom stereocenters. The Labute approximate surface area is 79.6 Å². The van der Waals surface area contributed by atoms with Crippen LogP contribution in [0.1, 0.15) is 6.42 Å². The summed E-state index contributed by atoms with van der Waals surface area (Å²) in [5, 5.41) is 12.8. The summed E-state index contributed by atoms with van der Waals surface area (Å²) in [7, 11) is 0. The van der Waals surface area contributed by atoms with Crippen LogP contribution in [0, 0.1) is 0 Å². The first-order valence-corrected chi connectivity index (χ1v) is 4.05. The van der Waals surface area contributed by atoms with Gasteiger partial charge in [0.25, 0.3) is 0 Å². The maximum absolute atomic E-state index is 11.1. The third-order valence-electron chi connectivity index (χ3n) is 1.82. The number of amides is 3. The molecule has 5 N–H and O–H groups in total. The molecule has 0 radical (unpaired) electrons. The second kappa shape index (κ2) is 4.16. The lowest BCUT2D eigenvalue weighted by Crippen LogP contribution is -2.49. The van der Waals surface area contributed by atoms with Crippen molar-refractivity contribution in [3.05, 3.63) is 0 Å². The summed E-state index contributed by atoms with van der Waals surface area (Å²) < 4.78 is 0. The number of carbonyl (C=O) groups is 3. The molecule has 0 aromatic rings. The summed E-state index contributed by atoms with van der Waals surface area (Å²) >= 11 is 0. The van der Waals surface area contributed by atoms with Crippen molar-refractivity contribution in [2.45, 2.75) is 18.5 Å². The Morgan fingerprint density at radius 3 is 2.79 bits per heavy atom. The number of aliphatic hydroxyl groups is 1. The first kappa shape index (κ1) is 10.6. The molecule has 1 aliphatic heterocycles. The van der Waals surface area contributed by atoms with E-state index in [1.807, 2.05) is 5.32 Å². The van der Waals surface area contributed by atoms with Crippen molar-refractivity contribution in [2.24, 2.45) is 5.73 Å². The number of rotatable bonds is 3. The van der Waals surface area contributed by atoms with E-state index in [1.54, 1.807) is 0 Å². The van der Waals surface area contributed by atoms with Crippen LogP contribution in [0.15, 0.2) is 0 Å². The summed E-state index contributed by atoms with van der Waals surface area (Å²) in [6.45, 7) is -0.506. The van der Waals surface area contributed by atoms with Crippen molar-refractivity contribution in [3.63, 3.8) is 0 Å². The summed E-state index contributed by atoms with van der Waals surface area (Å²) in [5.74, 6) is -1.63. The van der Waals surface area contributed by atoms with Gasteiger partial charge in [0.2, 0.25) is 17.7 Å². The van der Waals surface area contributed by atoms with Crippen LogP contribution in [0.25, 0.3) is 0 Å². The van der Waals surface area contributed by atoms with Crippen molar-refractivity contribution < 1.29 is 19.5 Å². The molecule has 1 rings (SSSR count). The van der Waals surface area contributed by atoms with Gasteiger partial charge in [0.1, 0.15) is 12.1 Å². The van der Waals surface area contributed by atoms with Crippen LogP contribution in [-0.2, 0) is 14.4 Å². The molecule has 78 valence electrons. The van der Waals surface area contributed by atoms with Gasteiger partial charge in [0.05, 0.1) is 13.0 Å². The Balaban J connectivity index is 2.49. The Bertz CT molecular complexity index is 278. The number of imide groups is 1. The van der Waals surface area contributed by atoms with Crippen LogP contribution in [0.2, 0.25) is 0 Å². The number of nitrogens with two attached hydrogens (primary N) is 1. The first-order chi connectivity index (χ1) is 6.54. The summed E-state index contributed by atoms with van der Waals surface area (Å²) in [6, 6.07) is -1.94. The minimum Gasteiger partial charge on any atom is -0.394 e. The smallest absolute Gasteiger partial charge is 0.249 e. The molecular weight excluding hydrogens is 190 g/mol. The molecule has 14 heavy (non-hydrogen) atoms. The highest BCUT2D eigenvalue weighted by atomic mass is 16.3. The number of hydrogen-bond acceptors (Lipinski definition) is 5. The molecule has 1 fully saturated rings. The van der Waals surface area contributed by atoms with Gasteiger partial charge in [-0.05, 0) is 0 Å². The fraction of sp³-hybridized carbons (Fsp3) is 0.571. The van der Waals surface area contributed by atoms with E-state index in [-0.39, 0.29) is 6.42 Å². The highest BCUT2D eigenvalue weighted by Crippen LogP contribution is 2.00. The summed E-state index contributed by atoms with van der Waals surface area (Å²) in [6.07, 6.45) is -0.0806. The zero-order valence-corrected chi connectivity index (χ0v) is 7.32. The van der Waals surface area contributed by atoms with Crippen LogP contribution >= 0.6 is 0 Å². The van der Waals surface area contributed by atoms with Crippen LogP contribution < -0.4 is 16.4 Å². The van der Waals surface area contributed by atoms with Crippen molar-refractivity contribution in [1.82, 2.24) is 10.6 Å². The Morgan fingerprint density at radius 2 is 2.36 bits per heavy atom. The van der Waals surface area contributed by atoms with Crippen molar-refractivity contribution in [3.8, 4) is 0 Å². The molecule has 7 heteroatoms. The molecule has 2 atom stereocenters. The maximum atomic E-state index is 11.1. The lowest BCUT2D eigenvalue weighted by Gasteiger charge is -2.12. The van der Waals surface area contributed by atoms with E-state index in [2.05, 4.69) is 5.32 Å². The third-order valence-corrected chi connectivity index (χ3v) is 1.82. The monoisotopic (exact) mass is 201 g/mol. The molecule has 3 amide bonds. The zero-order valence-electron chi connectivity index (χ0n) is 7.32. The fourth-order valence-corrected chi connectivity index (χ4v) is 1.03. The molecule has 1 heterocycles.